The molecule has 1 aliphatic heterocycles. The monoisotopic (exact) mass is 250 g/mol. The molecule has 3 nitrogen and oxygen atoms in total. The van der Waals surface area contributed by atoms with Gasteiger partial charge in [0.2, 0.25) is 0 Å². The van der Waals surface area contributed by atoms with Gasteiger partial charge in [-0.3, -0.25) is 4.79 Å². The van der Waals surface area contributed by atoms with Crippen LogP contribution in [0.1, 0.15) is 29.3 Å². The Hall–Kier alpha value is -1.42. The molecule has 1 amide bonds. The topological polar surface area (TPSA) is 46.3 Å². The molecular formula is C14H19FN2O. The Bertz CT molecular complexity index is 461. The first-order valence-corrected chi connectivity index (χ1v) is 6.30. The Labute approximate surface area is 107 Å². The predicted octanol–water partition coefficient (Wildman–Crippen LogP) is 1.94. The number of halogens is 1. The lowest BCUT2D eigenvalue weighted by atomic mass is 9.94. The van der Waals surface area contributed by atoms with Crippen LogP contribution in [0.2, 0.25) is 0 Å². The Morgan fingerprint density at radius 3 is 2.83 bits per heavy atom. The number of nitrogens with zero attached hydrogens (tertiary/aromatic N) is 1. The van der Waals surface area contributed by atoms with Gasteiger partial charge in [-0.2, -0.15) is 0 Å². The van der Waals surface area contributed by atoms with E-state index in [2.05, 4.69) is 0 Å². The normalized spacial score (nSPS) is 24.1. The summed E-state index contributed by atoms with van der Waals surface area (Å²) in [5, 5.41) is 0. The molecule has 1 aliphatic rings. The van der Waals surface area contributed by atoms with Gasteiger partial charge in [-0.25, -0.2) is 4.39 Å². The van der Waals surface area contributed by atoms with Gasteiger partial charge in [0.15, 0.2) is 0 Å². The highest BCUT2D eigenvalue weighted by Crippen LogP contribution is 2.19. The van der Waals surface area contributed by atoms with E-state index in [4.69, 9.17) is 5.73 Å². The molecule has 0 radical (unpaired) electrons. The van der Waals surface area contributed by atoms with Crippen molar-refractivity contribution in [3.63, 3.8) is 0 Å². The van der Waals surface area contributed by atoms with Crippen LogP contribution in [0.5, 0.6) is 0 Å². The zero-order chi connectivity index (χ0) is 13.3. The molecule has 98 valence electrons. The molecule has 2 atom stereocenters. The van der Waals surface area contributed by atoms with Gasteiger partial charge in [-0.15, -0.1) is 0 Å². The summed E-state index contributed by atoms with van der Waals surface area (Å²) in [6.45, 7) is 5.04. The van der Waals surface area contributed by atoms with Crippen molar-refractivity contribution in [3.05, 3.63) is 35.1 Å². The smallest absolute Gasteiger partial charge is 0.256 e. The molecule has 1 saturated heterocycles. The van der Waals surface area contributed by atoms with Gasteiger partial charge in [-0.05, 0) is 37.0 Å². The number of nitrogens with two attached hydrogens (primary N) is 1. The lowest BCUT2D eigenvalue weighted by molar-refractivity contribution is 0.0659. The van der Waals surface area contributed by atoms with Gasteiger partial charge in [0, 0.05) is 19.1 Å². The maximum atomic E-state index is 13.8. The number of rotatable bonds is 1. The van der Waals surface area contributed by atoms with E-state index in [0.29, 0.717) is 13.1 Å². The molecule has 1 aromatic carbocycles. The molecule has 18 heavy (non-hydrogen) atoms. The molecule has 0 aliphatic carbocycles. The number of carbonyl (C=O) groups is 1. The Balaban J connectivity index is 2.16. The summed E-state index contributed by atoms with van der Waals surface area (Å²) in [6, 6.07) is 4.85. The molecule has 1 fully saturated rings. The van der Waals surface area contributed by atoms with E-state index in [1.54, 1.807) is 24.0 Å². The lowest BCUT2D eigenvalue weighted by Gasteiger charge is -2.35. The third kappa shape index (κ3) is 2.53. The van der Waals surface area contributed by atoms with E-state index in [0.717, 1.165) is 12.0 Å². The van der Waals surface area contributed by atoms with Gasteiger partial charge in [0.25, 0.3) is 5.91 Å². The second-order valence-electron chi connectivity index (χ2n) is 5.16. The van der Waals surface area contributed by atoms with Crippen molar-refractivity contribution in [2.75, 3.05) is 13.1 Å². The summed E-state index contributed by atoms with van der Waals surface area (Å²) in [7, 11) is 0. The van der Waals surface area contributed by atoms with Crippen LogP contribution in [0, 0.1) is 18.7 Å². The number of piperidine rings is 1. The maximum absolute atomic E-state index is 13.8. The molecule has 0 bridgehead atoms. The van der Waals surface area contributed by atoms with Crippen LogP contribution in [0.15, 0.2) is 18.2 Å². The number of hydrogen-bond donors (Lipinski definition) is 1. The minimum Gasteiger partial charge on any atom is -0.338 e. The van der Waals surface area contributed by atoms with Crippen LogP contribution in [0.25, 0.3) is 0 Å². The fourth-order valence-electron chi connectivity index (χ4n) is 2.31. The van der Waals surface area contributed by atoms with E-state index in [9.17, 15) is 9.18 Å². The molecule has 2 unspecified atom stereocenters. The van der Waals surface area contributed by atoms with E-state index in [-0.39, 0.29) is 23.4 Å². The summed E-state index contributed by atoms with van der Waals surface area (Å²) in [5.74, 6) is -0.412. The summed E-state index contributed by atoms with van der Waals surface area (Å²) in [4.78, 5) is 13.9. The number of benzene rings is 1. The summed E-state index contributed by atoms with van der Waals surface area (Å²) in [5.41, 5.74) is 6.89. The van der Waals surface area contributed by atoms with Crippen LogP contribution in [0.3, 0.4) is 0 Å². The SMILES string of the molecule is Cc1ccc(C(=O)N2CCC(N)C(C)C2)c(F)c1. The van der Waals surface area contributed by atoms with E-state index in [1.165, 1.54) is 6.07 Å². The van der Waals surface area contributed by atoms with Gasteiger partial charge >= 0.3 is 0 Å². The summed E-state index contributed by atoms with van der Waals surface area (Å²) < 4.78 is 13.8. The Morgan fingerprint density at radius 1 is 1.50 bits per heavy atom. The highest BCUT2D eigenvalue weighted by molar-refractivity contribution is 5.94. The molecule has 0 spiro atoms. The zero-order valence-electron chi connectivity index (χ0n) is 10.8. The Morgan fingerprint density at radius 2 is 2.22 bits per heavy atom. The third-order valence-electron chi connectivity index (χ3n) is 3.61. The van der Waals surface area contributed by atoms with E-state index >= 15 is 0 Å². The second-order valence-corrected chi connectivity index (χ2v) is 5.16. The lowest BCUT2D eigenvalue weighted by Crippen LogP contribution is -2.48. The third-order valence-corrected chi connectivity index (χ3v) is 3.61. The van der Waals surface area contributed by atoms with Crippen LogP contribution in [-0.4, -0.2) is 29.9 Å². The highest BCUT2D eigenvalue weighted by atomic mass is 19.1. The first-order valence-electron chi connectivity index (χ1n) is 6.30. The van der Waals surface area contributed by atoms with Gasteiger partial charge in [-0.1, -0.05) is 13.0 Å². The van der Waals surface area contributed by atoms with E-state index < -0.39 is 5.82 Å². The molecule has 4 heteroatoms. The van der Waals surface area contributed by atoms with Crippen molar-refractivity contribution < 1.29 is 9.18 Å². The van der Waals surface area contributed by atoms with Crippen LogP contribution >= 0.6 is 0 Å². The molecule has 1 aromatic rings. The van der Waals surface area contributed by atoms with Crippen molar-refractivity contribution in [1.82, 2.24) is 4.90 Å². The van der Waals surface area contributed by atoms with Crippen LogP contribution in [-0.2, 0) is 0 Å². The number of hydrogen-bond acceptors (Lipinski definition) is 2. The van der Waals surface area contributed by atoms with Crippen molar-refractivity contribution in [2.24, 2.45) is 11.7 Å². The first kappa shape index (κ1) is 13.0. The Kier molecular flexibility index (Phi) is 3.66. The van der Waals surface area contributed by atoms with Crippen molar-refractivity contribution in [3.8, 4) is 0 Å². The van der Waals surface area contributed by atoms with Crippen molar-refractivity contribution >= 4 is 5.91 Å². The summed E-state index contributed by atoms with van der Waals surface area (Å²) in [6.07, 6.45) is 0.778. The summed E-state index contributed by atoms with van der Waals surface area (Å²) >= 11 is 0. The molecule has 0 aromatic heterocycles. The minimum absolute atomic E-state index is 0.136. The quantitative estimate of drug-likeness (QED) is 0.828. The number of likely N-dealkylation sites (tertiary alicyclic amines) is 1. The second kappa shape index (κ2) is 5.06. The largest absolute Gasteiger partial charge is 0.338 e. The average Bonchev–Trinajstić information content (AvgIpc) is 2.32. The van der Waals surface area contributed by atoms with Crippen LogP contribution in [0.4, 0.5) is 4.39 Å². The van der Waals surface area contributed by atoms with E-state index in [1.807, 2.05) is 6.92 Å². The van der Waals surface area contributed by atoms with Crippen LogP contribution < -0.4 is 5.73 Å². The number of aryl methyl sites for hydroxylation is 1. The molecule has 0 saturated carbocycles. The molecule has 2 rings (SSSR count). The molecule has 1 heterocycles. The fourth-order valence-corrected chi connectivity index (χ4v) is 2.31. The molecular weight excluding hydrogens is 231 g/mol. The number of amides is 1. The van der Waals surface area contributed by atoms with Gasteiger partial charge in [0.1, 0.15) is 5.82 Å². The van der Waals surface area contributed by atoms with Crippen molar-refractivity contribution in [2.45, 2.75) is 26.3 Å². The predicted molar refractivity (Wildman–Crippen MR) is 68.8 cm³/mol. The molecule has 2 N–H and O–H groups in total. The fraction of sp³-hybridized carbons (Fsp3) is 0.500. The maximum Gasteiger partial charge on any atom is 0.256 e. The zero-order valence-corrected chi connectivity index (χ0v) is 10.8. The standard InChI is InChI=1S/C14H19FN2O/c1-9-3-4-11(12(15)7-9)14(18)17-6-5-13(16)10(2)8-17/h3-4,7,10,13H,5-6,8,16H2,1-2H3. The minimum atomic E-state index is -0.442. The van der Waals surface area contributed by atoms with Crippen molar-refractivity contribution in [1.29, 1.82) is 0 Å². The highest BCUT2D eigenvalue weighted by Gasteiger charge is 2.27. The number of carbonyl (C=O) groups excluding carboxylic acids is 1. The van der Waals surface area contributed by atoms with Gasteiger partial charge < -0.3 is 10.6 Å². The average molecular weight is 250 g/mol. The first-order chi connectivity index (χ1) is 8.49. The van der Waals surface area contributed by atoms with Gasteiger partial charge in [0.05, 0.1) is 5.56 Å².